The predicted molar refractivity (Wildman–Crippen MR) is 90.6 cm³/mol. The average molecular weight is 311 g/mol. The molecule has 1 N–H and O–H groups in total. The molecule has 1 amide bonds. The predicted octanol–water partition coefficient (Wildman–Crippen LogP) is 3.79. The highest BCUT2D eigenvalue weighted by Gasteiger charge is 2.29. The molecule has 1 atom stereocenters. The molecule has 0 bridgehead atoms. The van der Waals surface area contributed by atoms with E-state index in [-0.39, 0.29) is 11.8 Å². The minimum atomic E-state index is 0.0237. The molecule has 4 heteroatoms. The monoisotopic (exact) mass is 311 g/mol. The molecule has 0 unspecified atom stereocenters. The fourth-order valence-electron chi connectivity index (χ4n) is 3.20. The third kappa shape index (κ3) is 2.77. The largest absolute Gasteiger partial charge is 0.493 e. The standard InChI is InChI=1S/C19H21NO3/c1-11-5-6-12(2)13(7-11)14-9-19(21)20-16-10-18(23-4)17(22-3)8-15(14)16/h5-8,10,14H,9H2,1-4H3,(H,20,21)/t14-/m1/s1. The Bertz CT molecular complexity index is 767. The van der Waals surface area contributed by atoms with Gasteiger partial charge in [-0.25, -0.2) is 0 Å². The average Bonchev–Trinajstić information content (AvgIpc) is 2.55. The number of fused-ring (bicyclic) bond motifs is 1. The lowest BCUT2D eigenvalue weighted by molar-refractivity contribution is -0.116. The normalized spacial score (nSPS) is 16.5. The van der Waals surface area contributed by atoms with Gasteiger partial charge >= 0.3 is 0 Å². The van der Waals surface area contributed by atoms with Gasteiger partial charge in [0.2, 0.25) is 5.91 Å². The fraction of sp³-hybridized carbons (Fsp3) is 0.316. The summed E-state index contributed by atoms with van der Waals surface area (Å²) in [5.74, 6) is 1.35. The first kappa shape index (κ1) is 15.4. The van der Waals surface area contributed by atoms with Gasteiger partial charge in [-0.1, -0.05) is 23.8 Å². The second-order valence-corrected chi connectivity index (χ2v) is 5.96. The van der Waals surface area contributed by atoms with Gasteiger partial charge in [-0.3, -0.25) is 4.79 Å². The van der Waals surface area contributed by atoms with Crippen molar-refractivity contribution >= 4 is 11.6 Å². The number of carbonyl (C=O) groups is 1. The SMILES string of the molecule is COc1cc2c(cc1OC)[C@@H](c1cc(C)ccc1C)CC(=O)N2. The maximum atomic E-state index is 12.2. The molecule has 0 saturated heterocycles. The lowest BCUT2D eigenvalue weighted by atomic mass is 9.82. The summed E-state index contributed by atoms with van der Waals surface area (Å²) in [6, 6.07) is 10.2. The van der Waals surface area contributed by atoms with Gasteiger partial charge in [-0.2, -0.15) is 0 Å². The number of anilines is 1. The third-order valence-electron chi connectivity index (χ3n) is 4.40. The molecule has 0 aromatic heterocycles. The van der Waals surface area contributed by atoms with E-state index in [1.807, 2.05) is 12.1 Å². The molecule has 0 spiro atoms. The van der Waals surface area contributed by atoms with E-state index in [1.54, 1.807) is 14.2 Å². The zero-order valence-electron chi connectivity index (χ0n) is 13.9. The fourth-order valence-corrected chi connectivity index (χ4v) is 3.20. The van der Waals surface area contributed by atoms with Crippen LogP contribution >= 0.6 is 0 Å². The molecule has 2 aromatic carbocycles. The highest BCUT2D eigenvalue weighted by atomic mass is 16.5. The van der Waals surface area contributed by atoms with Crippen LogP contribution in [0.25, 0.3) is 0 Å². The molecule has 0 fully saturated rings. The smallest absolute Gasteiger partial charge is 0.225 e. The van der Waals surface area contributed by atoms with Crippen LogP contribution in [0.5, 0.6) is 11.5 Å². The maximum absolute atomic E-state index is 12.2. The first-order valence-electron chi connectivity index (χ1n) is 7.66. The second-order valence-electron chi connectivity index (χ2n) is 5.96. The lowest BCUT2D eigenvalue weighted by Crippen LogP contribution is -2.24. The van der Waals surface area contributed by atoms with E-state index < -0.39 is 0 Å². The number of benzene rings is 2. The Morgan fingerprint density at radius 2 is 1.70 bits per heavy atom. The van der Waals surface area contributed by atoms with Gasteiger partial charge in [0.1, 0.15) is 0 Å². The van der Waals surface area contributed by atoms with Crippen LogP contribution in [-0.4, -0.2) is 20.1 Å². The molecular formula is C19H21NO3. The number of aryl methyl sites for hydroxylation is 2. The van der Waals surface area contributed by atoms with Crippen molar-refractivity contribution in [1.29, 1.82) is 0 Å². The zero-order chi connectivity index (χ0) is 16.6. The summed E-state index contributed by atoms with van der Waals surface area (Å²) in [4.78, 5) is 12.2. The number of ether oxygens (including phenoxy) is 2. The van der Waals surface area contributed by atoms with E-state index in [2.05, 4.69) is 37.4 Å². The number of hydrogen-bond acceptors (Lipinski definition) is 3. The van der Waals surface area contributed by atoms with Crippen molar-refractivity contribution in [3.8, 4) is 11.5 Å². The van der Waals surface area contributed by atoms with Crippen LogP contribution in [-0.2, 0) is 4.79 Å². The highest BCUT2D eigenvalue weighted by molar-refractivity contribution is 5.96. The summed E-state index contributed by atoms with van der Waals surface area (Å²) in [6.07, 6.45) is 0.437. The summed E-state index contributed by atoms with van der Waals surface area (Å²) in [6.45, 7) is 4.16. The van der Waals surface area contributed by atoms with Crippen molar-refractivity contribution in [3.63, 3.8) is 0 Å². The van der Waals surface area contributed by atoms with Gasteiger partial charge in [0.15, 0.2) is 11.5 Å². The van der Waals surface area contributed by atoms with E-state index >= 15 is 0 Å². The van der Waals surface area contributed by atoms with Crippen LogP contribution in [0.1, 0.15) is 34.6 Å². The van der Waals surface area contributed by atoms with Crippen molar-refractivity contribution in [2.24, 2.45) is 0 Å². The highest BCUT2D eigenvalue weighted by Crippen LogP contribution is 2.43. The van der Waals surface area contributed by atoms with Crippen molar-refractivity contribution in [2.45, 2.75) is 26.2 Å². The Morgan fingerprint density at radius 1 is 1.00 bits per heavy atom. The van der Waals surface area contributed by atoms with Crippen LogP contribution in [0.3, 0.4) is 0 Å². The van der Waals surface area contributed by atoms with E-state index in [0.29, 0.717) is 17.9 Å². The molecule has 1 aliphatic heterocycles. The van der Waals surface area contributed by atoms with Gasteiger partial charge in [-0.05, 0) is 36.6 Å². The molecule has 120 valence electrons. The van der Waals surface area contributed by atoms with Gasteiger partial charge in [0.05, 0.1) is 14.2 Å². The number of rotatable bonds is 3. The lowest BCUT2D eigenvalue weighted by Gasteiger charge is -2.28. The maximum Gasteiger partial charge on any atom is 0.225 e. The number of carbonyl (C=O) groups excluding carboxylic acids is 1. The molecule has 0 radical (unpaired) electrons. The number of methoxy groups -OCH3 is 2. The van der Waals surface area contributed by atoms with E-state index in [1.165, 1.54) is 16.7 Å². The van der Waals surface area contributed by atoms with Gasteiger partial charge in [-0.15, -0.1) is 0 Å². The second kappa shape index (κ2) is 5.95. The summed E-state index contributed by atoms with van der Waals surface area (Å²) >= 11 is 0. The van der Waals surface area contributed by atoms with E-state index in [4.69, 9.17) is 9.47 Å². The van der Waals surface area contributed by atoms with Crippen molar-refractivity contribution in [2.75, 3.05) is 19.5 Å². The number of amides is 1. The Morgan fingerprint density at radius 3 is 2.39 bits per heavy atom. The molecule has 23 heavy (non-hydrogen) atoms. The van der Waals surface area contributed by atoms with Crippen molar-refractivity contribution in [1.82, 2.24) is 0 Å². The van der Waals surface area contributed by atoms with Crippen LogP contribution in [0.2, 0.25) is 0 Å². The summed E-state index contributed by atoms with van der Waals surface area (Å²) in [7, 11) is 3.22. The minimum Gasteiger partial charge on any atom is -0.493 e. The van der Waals surface area contributed by atoms with Crippen LogP contribution in [0.15, 0.2) is 30.3 Å². The Labute approximate surface area is 136 Å². The van der Waals surface area contributed by atoms with Crippen molar-refractivity contribution < 1.29 is 14.3 Å². The quantitative estimate of drug-likeness (QED) is 0.938. The first-order valence-corrected chi connectivity index (χ1v) is 7.66. The topological polar surface area (TPSA) is 47.6 Å². The first-order chi connectivity index (χ1) is 11.0. The molecule has 4 nitrogen and oxygen atoms in total. The van der Waals surface area contributed by atoms with Gasteiger partial charge in [0.25, 0.3) is 0 Å². The van der Waals surface area contributed by atoms with Crippen LogP contribution < -0.4 is 14.8 Å². The van der Waals surface area contributed by atoms with Gasteiger partial charge in [0, 0.05) is 24.1 Å². The summed E-state index contributed by atoms with van der Waals surface area (Å²) < 4.78 is 10.8. The molecule has 1 aliphatic rings. The Balaban J connectivity index is 2.18. The third-order valence-corrected chi connectivity index (χ3v) is 4.40. The Kier molecular flexibility index (Phi) is 3.99. The minimum absolute atomic E-state index is 0.0237. The van der Waals surface area contributed by atoms with E-state index in [9.17, 15) is 4.79 Å². The molecule has 0 aliphatic carbocycles. The van der Waals surface area contributed by atoms with Gasteiger partial charge < -0.3 is 14.8 Å². The molecule has 3 rings (SSSR count). The summed E-state index contributed by atoms with van der Waals surface area (Å²) in [5, 5.41) is 2.95. The van der Waals surface area contributed by atoms with Crippen molar-refractivity contribution in [3.05, 3.63) is 52.6 Å². The number of nitrogens with one attached hydrogen (secondary N) is 1. The van der Waals surface area contributed by atoms with Crippen LogP contribution in [0, 0.1) is 13.8 Å². The molecule has 2 aromatic rings. The Hall–Kier alpha value is -2.49. The van der Waals surface area contributed by atoms with Crippen LogP contribution in [0.4, 0.5) is 5.69 Å². The van der Waals surface area contributed by atoms with E-state index in [0.717, 1.165) is 11.3 Å². The molecular weight excluding hydrogens is 290 g/mol. The summed E-state index contributed by atoms with van der Waals surface area (Å²) in [5.41, 5.74) is 5.43. The molecule has 1 heterocycles. The number of hydrogen-bond donors (Lipinski definition) is 1. The zero-order valence-corrected chi connectivity index (χ0v) is 13.9. The molecule has 0 saturated carbocycles.